The minimum absolute atomic E-state index is 0.143. The molecule has 1 heterocycles. The molecule has 4 heteroatoms. The molecule has 20 heavy (non-hydrogen) atoms. The number of piperidine rings is 1. The highest BCUT2D eigenvalue weighted by Gasteiger charge is 2.39. The summed E-state index contributed by atoms with van der Waals surface area (Å²) < 4.78 is 13.7. The first kappa shape index (κ1) is 15.0. The summed E-state index contributed by atoms with van der Waals surface area (Å²) in [7, 11) is 1.77. The first-order valence-corrected chi connectivity index (χ1v) is 7.29. The Bertz CT molecular complexity index is 469. The van der Waals surface area contributed by atoms with Gasteiger partial charge in [0.2, 0.25) is 5.91 Å². The fourth-order valence-corrected chi connectivity index (χ4v) is 2.98. The smallest absolute Gasteiger partial charge is 0.228 e. The van der Waals surface area contributed by atoms with Crippen molar-refractivity contribution in [1.82, 2.24) is 10.2 Å². The summed E-state index contributed by atoms with van der Waals surface area (Å²) in [5.74, 6) is -0.104. The van der Waals surface area contributed by atoms with Crippen LogP contribution in [0.2, 0.25) is 0 Å². The highest BCUT2D eigenvalue weighted by molar-refractivity contribution is 5.82. The predicted molar refractivity (Wildman–Crippen MR) is 77.7 cm³/mol. The Labute approximate surface area is 120 Å². The van der Waals surface area contributed by atoms with Crippen molar-refractivity contribution in [3.05, 3.63) is 35.6 Å². The predicted octanol–water partition coefficient (Wildman–Crippen LogP) is 2.56. The number of amides is 1. The van der Waals surface area contributed by atoms with Crippen LogP contribution in [0.15, 0.2) is 24.3 Å². The Morgan fingerprint density at radius 1 is 1.35 bits per heavy atom. The van der Waals surface area contributed by atoms with Gasteiger partial charge in [0.05, 0.1) is 5.41 Å². The van der Waals surface area contributed by atoms with E-state index in [1.54, 1.807) is 30.1 Å². The molecular formula is C16H23FN2O. The largest absolute Gasteiger partial charge is 0.341 e. The molecule has 1 aromatic rings. The van der Waals surface area contributed by atoms with Gasteiger partial charge in [-0.15, -0.1) is 0 Å². The van der Waals surface area contributed by atoms with Crippen LogP contribution in [0.4, 0.5) is 4.39 Å². The molecule has 0 radical (unpaired) electrons. The van der Waals surface area contributed by atoms with Crippen molar-refractivity contribution in [3.63, 3.8) is 0 Å². The molecule has 1 N–H and O–H groups in total. The van der Waals surface area contributed by atoms with Crippen molar-refractivity contribution in [1.29, 1.82) is 0 Å². The van der Waals surface area contributed by atoms with Crippen LogP contribution in [0.3, 0.4) is 0 Å². The molecule has 3 nitrogen and oxygen atoms in total. The monoisotopic (exact) mass is 278 g/mol. The van der Waals surface area contributed by atoms with Crippen molar-refractivity contribution in [3.8, 4) is 0 Å². The third-order valence-corrected chi connectivity index (χ3v) is 4.40. The highest BCUT2D eigenvalue weighted by atomic mass is 19.1. The molecular weight excluding hydrogens is 255 g/mol. The first-order valence-electron chi connectivity index (χ1n) is 7.29. The molecule has 1 aromatic carbocycles. The highest BCUT2D eigenvalue weighted by Crippen LogP contribution is 2.34. The third-order valence-electron chi connectivity index (χ3n) is 4.40. The van der Waals surface area contributed by atoms with Gasteiger partial charge < -0.3 is 10.2 Å². The van der Waals surface area contributed by atoms with Gasteiger partial charge in [0.1, 0.15) is 5.82 Å². The zero-order valence-electron chi connectivity index (χ0n) is 12.3. The van der Waals surface area contributed by atoms with Gasteiger partial charge in [0.25, 0.3) is 0 Å². The molecule has 0 spiro atoms. The second-order valence-electron chi connectivity index (χ2n) is 5.64. The van der Waals surface area contributed by atoms with E-state index in [2.05, 4.69) is 12.2 Å². The van der Waals surface area contributed by atoms with E-state index in [1.807, 2.05) is 0 Å². The van der Waals surface area contributed by atoms with Crippen LogP contribution in [0, 0.1) is 11.2 Å². The van der Waals surface area contributed by atoms with E-state index in [0.717, 1.165) is 32.4 Å². The zero-order chi connectivity index (χ0) is 14.6. The van der Waals surface area contributed by atoms with Gasteiger partial charge in [0.15, 0.2) is 0 Å². The van der Waals surface area contributed by atoms with Crippen LogP contribution in [-0.2, 0) is 11.3 Å². The van der Waals surface area contributed by atoms with Gasteiger partial charge in [-0.3, -0.25) is 4.79 Å². The van der Waals surface area contributed by atoms with Crippen molar-refractivity contribution in [2.75, 3.05) is 20.1 Å². The average molecular weight is 278 g/mol. The van der Waals surface area contributed by atoms with Crippen LogP contribution >= 0.6 is 0 Å². The van der Waals surface area contributed by atoms with Crippen LogP contribution in [0.25, 0.3) is 0 Å². The molecule has 0 atom stereocenters. The first-order chi connectivity index (χ1) is 9.59. The van der Waals surface area contributed by atoms with E-state index in [4.69, 9.17) is 0 Å². The number of benzene rings is 1. The van der Waals surface area contributed by atoms with Crippen LogP contribution in [0.1, 0.15) is 31.7 Å². The number of carbonyl (C=O) groups excluding carboxylic acids is 1. The Hall–Kier alpha value is -1.42. The quantitative estimate of drug-likeness (QED) is 0.918. The summed E-state index contributed by atoms with van der Waals surface area (Å²) >= 11 is 0. The third kappa shape index (κ3) is 3.01. The summed E-state index contributed by atoms with van der Waals surface area (Å²) in [5.41, 5.74) is 0.300. The number of carbonyl (C=O) groups is 1. The van der Waals surface area contributed by atoms with E-state index in [1.165, 1.54) is 6.07 Å². The number of hydrogen-bond donors (Lipinski definition) is 1. The second kappa shape index (κ2) is 6.35. The van der Waals surface area contributed by atoms with E-state index >= 15 is 0 Å². The maximum Gasteiger partial charge on any atom is 0.228 e. The lowest BCUT2D eigenvalue weighted by Crippen LogP contribution is -2.47. The summed E-state index contributed by atoms with van der Waals surface area (Å²) in [5, 5.41) is 3.30. The van der Waals surface area contributed by atoms with Gasteiger partial charge >= 0.3 is 0 Å². The van der Waals surface area contributed by atoms with Crippen LogP contribution in [-0.4, -0.2) is 30.9 Å². The van der Waals surface area contributed by atoms with E-state index in [0.29, 0.717) is 12.1 Å². The van der Waals surface area contributed by atoms with Gasteiger partial charge in [0, 0.05) is 19.2 Å². The lowest BCUT2D eigenvalue weighted by atomic mass is 9.75. The molecule has 1 saturated heterocycles. The van der Waals surface area contributed by atoms with Crippen LogP contribution < -0.4 is 5.32 Å². The normalized spacial score (nSPS) is 17.8. The summed E-state index contributed by atoms with van der Waals surface area (Å²) in [6, 6.07) is 6.64. The van der Waals surface area contributed by atoms with Gasteiger partial charge in [-0.1, -0.05) is 25.1 Å². The van der Waals surface area contributed by atoms with E-state index in [-0.39, 0.29) is 17.1 Å². The molecule has 0 aliphatic carbocycles. The Morgan fingerprint density at radius 3 is 2.60 bits per heavy atom. The lowest BCUT2D eigenvalue weighted by Gasteiger charge is -2.38. The summed E-state index contributed by atoms with van der Waals surface area (Å²) in [6.45, 7) is 4.17. The maximum absolute atomic E-state index is 13.7. The number of rotatable bonds is 4. The Morgan fingerprint density at radius 2 is 2.00 bits per heavy atom. The van der Waals surface area contributed by atoms with Crippen molar-refractivity contribution < 1.29 is 9.18 Å². The summed E-state index contributed by atoms with van der Waals surface area (Å²) in [6.07, 6.45) is 2.57. The van der Waals surface area contributed by atoms with Crippen molar-refractivity contribution in [2.45, 2.75) is 32.7 Å². The van der Waals surface area contributed by atoms with E-state index in [9.17, 15) is 9.18 Å². The molecule has 1 fully saturated rings. The number of nitrogens with zero attached hydrogens (tertiary/aromatic N) is 1. The fourth-order valence-electron chi connectivity index (χ4n) is 2.98. The fraction of sp³-hybridized carbons (Fsp3) is 0.562. The Balaban J connectivity index is 2.10. The molecule has 110 valence electrons. The minimum Gasteiger partial charge on any atom is -0.341 e. The zero-order valence-corrected chi connectivity index (χ0v) is 12.3. The SMILES string of the molecule is CCC1(C(=O)N(C)Cc2ccccc2F)CCNCC1. The van der Waals surface area contributed by atoms with Crippen molar-refractivity contribution >= 4 is 5.91 Å². The molecule has 0 saturated carbocycles. The number of hydrogen-bond acceptors (Lipinski definition) is 2. The second-order valence-corrected chi connectivity index (χ2v) is 5.64. The Kier molecular flexibility index (Phi) is 4.76. The lowest BCUT2D eigenvalue weighted by molar-refractivity contribution is -0.143. The standard InChI is InChI=1S/C16H23FN2O/c1-3-16(8-10-18-11-9-16)15(20)19(2)12-13-6-4-5-7-14(13)17/h4-7,18H,3,8-12H2,1-2H3. The molecule has 1 aliphatic rings. The average Bonchev–Trinajstić information content (AvgIpc) is 2.49. The molecule has 0 bridgehead atoms. The molecule has 0 unspecified atom stereocenters. The van der Waals surface area contributed by atoms with Gasteiger partial charge in [-0.2, -0.15) is 0 Å². The van der Waals surface area contributed by atoms with Crippen molar-refractivity contribution in [2.24, 2.45) is 5.41 Å². The molecule has 0 aromatic heterocycles. The van der Waals surface area contributed by atoms with Gasteiger partial charge in [-0.25, -0.2) is 4.39 Å². The van der Waals surface area contributed by atoms with E-state index < -0.39 is 0 Å². The topological polar surface area (TPSA) is 32.3 Å². The number of nitrogens with one attached hydrogen (secondary N) is 1. The summed E-state index contributed by atoms with van der Waals surface area (Å²) in [4.78, 5) is 14.4. The molecule has 2 rings (SSSR count). The molecule has 1 amide bonds. The van der Waals surface area contributed by atoms with Crippen LogP contribution in [0.5, 0.6) is 0 Å². The maximum atomic E-state index is 13.7. The van der Waals surface area contributed by atoms with Gasteiger partial charge in [-0.05, 0) is 38.4 Å². The molecule has 1 aliphatic heterocycles. The minimum atomic E-state index is -0.273. The number of halogens is 1.